The molecule has 2 aromatic rings. The zero-order valence-electron chi connectivity index (χ0n) is 17.5. The van der Waals surface area contributed by atoms with Crippen LogP contribution in [0, 0.1) is 12.8 Å². The van der Waals surface area contributed by atoms with Crippen molar-refractivity contribution >= 4 is 23.1 Å². The van der Waals surface area contributed by atoms with E-state index in [1.807, 2.05) is 17.9 Å². The first-order valence-corrected chi connectivity index (χ1v) is 10.2. The van der Waals surface area contributed by atoms with E-state index in [1.165, 1.54) is 11.1 Å². The zero-order valence-corrected chi connectivity index (χ0v) is 17.5. The van der Waals surface area contributed by atoms with Gasteiger partial charge in [-0.3, -0.25) is 4.79 Å². The maximum absolute atomic E-state index is 12.5. The van der Waals surface area contributed by atoms with Gasteiger partial charge in [0.2, 0.25) is 11.9 Å². The van der Waals surface area contributed by atoms with Gasteiger partial charge in [-0.15, -0.1) is 0 Å². The second kappa shape index (κ2) is 7.95. The van der Waals surface area contributed by atoms with Crippen LogP contribution < -0.4 is 10.2 Å². The highest BCUT2D eigenvalue weighted by Gasteiger charge is 2.38. The van der Waals surface area contributed by atoms with Crippen molar-refractivity contribution in [3.63, 3.8) is 0 Å². The molecule has 6 heteroatoms. The van der Waals surface area contributed by atoms with E-state index in [4.69, 9.17) is 4.74 Å². The van der Waals surface area contributed by atoms with Crippen molar-refractivity contribution in [1.82, 2.24) is 9.97 Å². The molecule has 152 valence electrons. The summed E-state index contributed by atoms with van der Waals surface area (Å²) in [6.45, 7) is 9.28. The number of carbonyl (C=O) groups excluding carboxylic acids is 1. The van der Waals surface area contributed by atoms with Crippen LogP contribution in [-0.4, -0.2) is 35.1 Å². The number of carbonyl (C=O) groups is 1. The molecule has 1 amide bonds. The SMILES string of the molecule is CC(=O)N1c2ccc(C3=CCOCC3)cc2C(Nc2nccc(C)n2)C(C)[C@@H]1C. The molecule has 1 aromatic heterocycles. The van der Waals surface area contributed by atoms with Crippen LogP contribution in [-0.2, 0) is 9.53 Å². The number of nitrogens with one attached hydrogen (secondary N) is 1. The number of hydrogen-bond acceptors (Lipinski definition) is 5. The average Bonchev–Trinajstić information content (AvgIpc) is 2.72. The lowest BCUT2D eigenvalue weighted by Crippen LogP contribution is -2.48. The molecule has 29 heavy (non-hydrogen) atoms. The summed E-state index contributed by atoms with van der Waals surface area (Å²) < 4.78 is 5.47. The van der Waals surface area contributed by atoms with Crippen molar-refractivity contribution in [2.24, 2.45) is 5.92 Å². The number of hydrogen-bond donors (Lipinski definition) is 1. The lowest BCUT2D eigenvalue weighted by Gasteiger charge is -2.44. The fraction of sp³-hybridized carbons (Fsp3) is 0.435. The molecule has 0 saturated carbocycles. The predicted molar refractivity (Wildman–Crippen MR) is 115 cm³/mol. The molecular formula is C23H28N4O2. The lowest BCUT2D eigenvalue weighted by molar-refractivity contribution is -0.117. The molecule has 2 aliphatic heterocycles. The Kier molecular flexibility index (Phi) is 5.37. The van der Waals surface area contributed by atoms with Crippen LogP contribution >= 0.6 is 0 Å². The Morgan fingerprint density at radius 2 is 2.10 bits per heavy atom. The monoisotopic (exact) mass is 392 g/mol. The zero-order chi connectivity index (χ0) is 20.5. The highest BCUT2D eigenvalue weighted by Crippen LogP contribution is 2.43. The molecule has 0 radical (unpaired) electrons. The van der Waals surface area contributed by atoms with Crippen LogP contribution in [0.5, 0.6) is 0 Å². The molecule has 3 atom stereocenters. The molecule has 2 aliphatic rings. The summed E-state index contributed by atoms with van der Waals surface area (Å²) in [7, 11) is 0. The molecule has 0 aliphatic carbocycles. The predicted octanol–water partition coefficient (Wildman–Crippen LogP) is 4.13. The van der Waals surface area contributed by atoms with Crippen molar-refractivity contribution in [3.05, 3.63) is 53.4 Å². The molecule has 1 aromatic carbocycles. The number of fused-ring (bicyclic) bond motifs is 1. The van der Waals surface area contributed by atoms with Gasteiger partial charge in [0.05, 0.1) is 19.3 Å². The van der Waals surface area contributed by atoms with Crippen LogP contribution in [0.1, 0.15) is 50.1 Å². The Labute approximate surface area is 172 Å². The topological polar surface area (TPSA) is 67.3 Å². The number of aromatic nitrogens is 2. The fourth-order valence-corrected chi connectivity index (χ4v) is 4.35. The van der Waals surface area contributed by atoms with Crippen molar-refractivity contribution < 1.29 is 9.53 Å². The molecule has 0 saturated heterocycles. The molecule has 0 spiro atoms. The molecule has 6 nitrogen and oxygen atoms in total. The largest absolute Gasteiger partial charge is 0.377 e. The summed E-state index contributed by atoms with van der Waals surface area (Å²) in [6.07, 6.45) is 4.82. The summed E-state index contributed by atoms with van der Waals surface area (Å²) in [5, 5.41) is 3.54. The van der Waals surface area contributed by atoms with Crippen LogP contribution in [0.25, 0.3) is 5.57 Å². The number of nitrogens with zero attached hydrogens (tertiary/aromatic N) is 3. The second-order valence-corrected chi connectivity index (χ2v) is 7.96. The maximum atomic E-state index is 12.5. The first kappa shape index (κ1) is 19.6. The highest BCUT2D eigenvalue weighted by atomic mass is 16.5. The molecule has 0 bridgehead atoms. The van der Waals surface area contributed by atoms with Gasteiger partial charge in [-0.2, -0.15) is 0 Å². The van der Waals surface area contributed by atoms with E-state index in [9.17, 15) is 4.79 Å². The van der Waals surface area contributed by atoms with Crippen LogP contribution in [0.15, 0.2) is 36.5 Å². The average molecular weight is 393 g/mol. The van der Waals surface area contributed by atoms with Gasteiger partial charge < -0.3 is 15.0 Å². The quantitative estimate of drug-likeness (QED) is 0.851. The number of benzene rings is 1. The second-order valence-electron chi connectivity index (χ2n) is 7.96. The van der Waals surface area contributed by atoms with Gasteiger partial charge >= 0.3 is 0 Å². The van der Waals surface area contributed by atoms with Crippen molar-refractivity contribution in [1.29, 1.82) is 0 Å². The Bertz CT molecular complexity index is 956. The maximum Gasteiger partial charge on any atom is 0.224 e. The van der Waals surface area contributed by atoms with Crippen LogP contribution in [0.4, 0.5) is 11.6 Å². The highest BCUT2D eigenvalue weighted by molar-refractivity contribution is 5.94. The molecule has 4 rings (SSSR count). The number of anilines is 2. The lowest BCUT2D eigenvalue weighted by atomic mass is 9.81. The van der Waals surface area contributed by atoms with Crippen molar-refractivity contribution in [3.8, 4) is 0 Å². The van der Waals surface area contributed by atoms with Crippen LogP contribution in [0.2, 0.25) is 0 Å². The summed E-state index contributed by atoms with van der Waals surface area (Å²) in [5.74, 6) is 0.871. The van der Waals surface area contributed by atoms with Gasteiger partial charge in [0.1, 0.15) is 0 Å². The van der Waals surface area contributed by atoms with Gasteiger partial charge in [-0.1, -0.05) is 19.1 Å². The van der Waals surface area contributed by atoms with Crippen molar-refractivity contribution in [2.45, 2.75) is 46.2 Å². The summed E-state index contributed by atoms with van der Waals surface area (Å²) >= 11 is 0. The number of ether oxygens (including phenoxy) is 1. The first-order chi connectivity index (χ1) is 14.0. The van der Waals surface area contributed by atoms with E-state index < -0.39 is 0 Å². The third kappa shape index (κ3) is 3.77. The van der Waals surface area contributed by atoms with E-state index in [0.717, 1.165) is 30.0 Å². The third-order valence-electron chi connectivity index (χ3n) is 6.07. The van der Waals surface area contributed by atoms with E-state index in [0.29, 0.717) is 12.6 Å². The Hall–Kier alpha value is -2.73. The normalized spacial score (nSPS) is 23.9. The summed E-state index contributed by atoms with van der Waals surface area (Å²) in [5.41, 5.74) is 5.48. The van der Waals surface area contributed by atoms with E-state index in [1.54, 1.807) is 13.1 Å². The van der Waals surface area contributed by atoms with E-state index in [2.05, 4.69) is 53.4 Å². The van der Waals surface area contributed by atoms with Gasteiger partial charge in [0.25, 0.3) is 0 Å². The Morgan fingerprint density at radius 1 is 1.28 bits per heavy atom. The van der Waals surface area contributed by atoms with Gasteiger partial charge in [0.15, 0.2) is 0 Å². The smallest absolute Gasteiger partial charge is 0.224 e. The van der Waals surface area contributed by atoms with E-state index in [-0.39, 0.29) is 23.9 Å². The van der Waals surface area contributed by atoms with Crippen LogP contribution in [0.3, 0.4) is 0 Å². The van der Waals surface area contributed by atoms with Gasteiger partial charge in [-0.05, 0) is 55.2 Å². The van der Waals surface area contributed by atoms with E-state index >= 15 is 0 Å². The summed E-state index contributed by atoms with van der Waals surface area (Å²) in [4.78, 5) is 23.3. The Morgan fingerprint density at radius 3 is 2.79 bits per heavy atom. The molecule has 2 unspecified atom stereocenters. The first-order valence-electron chi connectivity index (χ1n) is 10.2. The number of amides is 1. The van der Waals surface area contributed by atoms with Gasteiger partial charge in [0, 0.05) is 36.5 Å². The number of aryl methyl sites for hydroxylation is 1. The number of rotatable bonds is 3. The minimum absolute atomic E-state index is 0.0118. The minimum Gasteiger partial charge on any atom is -0.377 e. The van der Waals surface area contributed by atoms with Gasteiger partial charge in [-0.25, -0.2) is 9.97 Å². The molecule has 0 fully saturated rings. The molecule has 3 heterocycles. The van der Waals surface area contributed by atoms with Crippen molar-refractivity contribution in [2.75, 3.05) is 23.4 Å². The third-order valence-corrected chi connectivity index (χ3v) is 6.07. The fourth-order valence-electron chi connectivity index (χ4n) is 4.35. The molecule has 1 N–H and O–H groups in total. The standard InChI is InChI=1S/C23H28N4O2/c1-14-7-10-24-23(25-14)26-22-15(2)16(3)27(17(4)28)21-6-5-19(13-20(21)22)18-8-11-29-12-9-18/h5-8,10,13,15-16,22H,9,11-12H2,1-4H3,(H,24,25,26)/t15?,16-,22?/m0/s1. The Balaban J connectivity index is 1.80. The minimum atomic E-state index is 0.0118. The molecular weight excluding hydrogens is 364 g/mol. The summed E-state index contributed by atoms with van der Waals surface area (Å²) in [6, 6.07) is 8.39.